The zero-order valence-electron chi connectivity index (χ0n) is 19.9. The summed E-state index contributed by atoms with van der Waals surface area (Å²) in [6.07, 6.45) is 0. The van der Waals surface area contributed by atoms with E-state index >= 15 is 0 Å². The molecule has 3 aromatic carbocycles. The molecule has 7 nitrogen and oxygen atoms in total. The molecule has 5 rings (SSSR count). The average molecular weight is 530 g/mol. The van der Waals surface area contributed by atoms with Crippen molar-refractivity contribution in [2.45, 2.75) is 23.1 Å². The van der Waals surface area contributed by atoms with Gasteiger partial charge < -0.3 is 9.84 Å². The zero-order chi connectivity index (χ0) is 25.8. The first kappa shape index (κ1) is 24.7. The summed E-state index contributed by atoms with van der Waals surface area (Å²) in [5, 5.41) is 20.0. The molecule has 0 bridgehead atoms. The Bertz CT molecular complexity index is 1450. The number of hydrogen-bond donors (Lipinski definition) is 1. The van der Waals surface area contributed by atoms with E-state index in [1.54, 1.807) is 48.5 Å². The number of aliphatic hydroxyl groups is 1. The fourth-order valence-corrected chi connectivity index (χ4v) is 5.94. The molecule has 0 radical (unpaired) electrons. The normalized spacial score (nSPS) is 16.8. The van der Waals surface area contributed by atoms with E-state index in [2.05, 4.69) is 10.2 Å². The Hall–Kier alpha value is -3.95. The van der Waals surface area contributed by atoms with Crippen LogP contribution in [0.25, 0.3) is 5.76 Å². The van der Waals surface area contributed by atoms with Gasteiger partial charge in [-0.05, 0) is 30.2 Å². The smallest absolute Gasteiger partial charge is 0.301 e. The lowest BCUT2D eigenvalue weighted by atomic mass is 9.95. The highest BCUT2D eigenvalue weighted by molar-refractivity contribution is 8.00. The Labute approximate surface area is 222 Å². The SMILES string of the molecule is CCOc1cccc(C2/C(=C(\O)c3ccccc3)C(=O)C(=O)N2c2nnc(SCc3ccccc3)s2)c1. The van der Waals surface area contributed by atoms with Gasteiger partial charge in [-0.2, -0.15) is 0 Å². The van der Waals surface area contributed by atoms with Crippen molar-refractivity contribution in [1.82, 2.24) is 10.2 Å². The Balaban J connectivity index is 1.56. The second-order valence-electron chi connectivity index (χ2n) is 8.17. The molecule has 1 aliphatic heterocycles. The number of amides is 1. The van der Waals surface area contributed by atoms with Gasteiger partial charge in [0, 0.05) is 11.3 Å². The summed E-state index contributed by atoms with van der Waals surface area (Å²) in [6, 6.07) is 25.0. The van der Waals surface area contributed by atoms with E-state index in [1.807, 2.05) is 43.3 Å². The summed E-state index contributed by atoms with van der Waals surface area (Å²) in [4.78, 5) is 28.0. The molecule has 1 N–H and O–H groups in total. The molecule has 4 aromatic rings. The molecule has 186 valence electrons. The molecule has 37 heavy (non-hydrogen) atoms. The van der Waals surface area contributed by atoms with E-state index in [1.165, 1.54) is 28.0 Å². The number of hydrogen-bond acceptors (Lipinski definition) is 8. The maximum absolute atomic E-state index is 13.4. The van der Waals surface area contributed by atoms with Crippen molar-refractivity contribution in [3.8, 4) is 5.75 Å². The summed E-state index contributed by atoms with van der Waals surface area (Å²) in [7, 11) is 0. The Morgan fingerprint density at radius 1 is 1.00 bits per heavy atom. The van der Waals surface area contributed by atoms with E-state index in [0.29, 0.717) is 33.6 Å². The third-order valence-corrected chi connectivity index (χ3v) is 7.91. The maximum atomic E-state index is 13.4. The predicted octanol–water partition coefficient (Wildman–Crippen LogP) is 5.86. The van der Waals surface area contributed by atoms with Gasteiger partial charge >= 0.3 is 5.91 Å². The summed E-state index contributed by atoms with van der Waals surface area (Å²) in [5.74, 6) is -0.484. The third-order valence-electron chi connectivity index (χ3n) is 5.78. The topological polar surface area (TPSA) is 92.6 Å². The molecule has 1 saturated heterocycles. The Morgan fingerprint density at radius 3 is 2.46 bits per heavy atom. The summed E-state index contributed by atoms with van der Waals surface area (Å²) < 4.78 is 6.34. The number of anilines is 1. The minimum atomic E-state index is -0.888. The van der Waals surface area contributed by atoms with Crippen LogP contribution in [0, 0.1) is 0 Å². The summed E-state index contributed by atoms with van der Waals surface area (Å²) >= 11 is 2.74. The van der Waals surface area contributed by atoms with Crippen LogP contribution in [0.15, 0.2) is 94.8 Å². The molecule has 1 fully saturated rings. The van der Waals surface area contributed by atoms with Gasteiger partial charge in [0.1, 0.15) is 11.5 Å². The fourth-order valence-electron chi connectivity index (χ4n) is 4.12. The van der Waals surface area contributed by atoms with Crippen molar-refractivity contribution in [2.75, 3.05) is 11.5 Å². The van der Waals surface area contributed by atoms with Gasteiger partial charge in [0.15, 0.2) is 4.34 Å². The van der Waals surface area contributed by atoms with Crippen LogP contribution in [-0.4, -0.2) is 33.6 Å². The Kier molecular flexibility index (Phi) is 7.34. The lowest BCUT2D eigenvalue weighted by Crippen LogP contribution is -2.29. The predicted molar refractivity (Wildman–Crippen MR) is 145 cm³/mol. The van der Waals surface area contributed by atoms with Gasteiger partial charge in [-0.3, -0.25) is 14.5 Å². The molecule has 1 atom stereocenters. The largest absolute Gasteiger partial charge is 0.507 e. The van der Waals surface area contributed by atoms with Crippen LogP contribution in [0.1, 0.15) is 29.7 Å². The van der Waals surface area contributed by atoms with Crippen LogP contribution in [0.3, 0.4) is 0 Å². The number of thioether (sulfide) groups is 1. The third kappa shape index (κ3) is 5.14. The lowest BCUT2D eigenvalue weighted by molar-refractivity contribution is -0.132. The van der Waals surface area contributed by atoms with Gasteiger partial charge in [-0.1, -0.05) is 95.9 Å². The van der Waals surface area contributed by atoms with E-state index in [-0.39, 0.29) is 16.5 Å². The van der Waals surface area contributed by atoms with Crippen molar-refractivity contribution >= 4 is 45.7 Å². The molecule has 1 aromatic heterocycles. The van der Waals surface area contributed by atoms with Crippen molar-refractivity contribution in [3.05, 3.63) is 107 Å². The molecule has 1 amide bonds. The molecule has 1 aliphatic rings. The molecule has 9 heteroatoms. The number of rotatable bonds is 8. The summed E-state index contributed by atoms with van der Waals surface area (Å²) in [5.41, 5.74) is 2.21. The first-order valence-electron chi connectivity index (χ1n) is 11.7. The van der Waals surface area contributed by atoms with E-state index < -0.39 is 17.7 Å². The van der Waals surface area contributed by atoms with Crippen LogP contribution in [0.2, 0.25) is 0 Å². The summed E-state index contributed by atoms with van der Waals surface area (Å²) in [6.45, 7) is 2.34. The molecule has 0 spiro atoms. The van der Waals surface area contributed by atoms with Crippen molar-refractivity contribution < 1.29 is 19.4 Å². The van der Waals surface area contributed by atoms with Crippen LogP contribution < -0.4 is 9.64 Å². The number of carbonyl (C=O) groups is 2. The number of nitrogens with zero attached hydrogens (tertiary/aromatic N) is 3. The van der Waals surface area contributed by atoms with Crippen LogP contribution in [0.5, 0.6) is 5.75 Å². The number of Topliss-reactive ketones (excluding diaryl/α,β-unsaturated/α-hetero) is 1. The minimum Gasteiger partial charge on any atom is -0.507 e. The highest BCUT2D eigenvalue weighted by atomic mass is 32.2. The van der Waals surface area contributed by atoms with Gasteiger partial charge in [0.05, 0.1) is 18.2 Å². The maximum Gasteiger partial charge on any atom is 0.301 e. The first-order valence-corrected chi connectivity index (χ1v) is 13.5. The number of benzene rings is 3. The van der Waals surface area contributed by atoms with Crippen molar-refractivity contribution in [2.24, 2.45) is 0 Å². The van der Waals surface area contributed by atoms with E-state index in [0.717, 1.165) is 5.56 Å². The van der Waals surface area contributed by atoms with E-state index in [4.69, 9.17) is 4.74 Å². The van der Waals surface area contributed by atoms with Crippen LogP contribution in [0.4, 0.5) is 5.13 Å². The molecule has 0 aliphatic carbocycles. The minimum absolute atomic E-state index is 0.00135. The number of ether oxygens (including phenoxy) is 1. The second-order valence-corrected chi connectivity index (χ2v) is 10.3. The average Bonchev–Trinajstić information content (AvgIpc) is 3.50. The number of aromatic nitrogens is 2. The quantitative estimate of drug-likeness (QED) is 0.101. The lowest BCUT2D eigenvalue weighted by Gasteiger charge is -2.23. The molecule has 2 heterocycles. The van der Waals surface area contributed by atoms with Gasteiger partial charge in [-0.15, -0.1) is 10.2 Å². The molecule has 1 unspecified atom stereocenters. The molecular formula is C28H23N3O4S2. The molecule has 0 saturated carbocycles. The number of aliphatic hydroxyl groups excluding tert-OH is 1. The highest BCUT2D eigenvalue weighted by Gasteiger charge is 2.48. The number of carbonyl (C=O) groups excluding carboxylic acids is 2. The number of ketones is 1. The van der Waals surface area contributed by atoms with Gasteiger partial charge in [0.25, 0.3) is 5.78 Å². The Morgan fingerprint density at radius 2 is 1.73 bits per heavy atom. The highest BCUT2D eigenvalue weighted by Crippen LogP contribution is 2.44. The van der Waals surface area contributed by atoms with Crippen LogP contribution >= 0.6 is 23.1 Å². The first-order chi connectivity index (χ1) is 18.1. The zero-order valence-corrected chi connectivity index (χ0v) is 21.5. The monoisotopic (exact) mass is 529 g/mol. The fraction of sp³-hybridized carbons (Fsp3) is 0.143. The van der Waals surface area contributed by atoms with Gasteiger partial charge in [-0.25, -0.2) is 0 Å². The van der Waals surface area contributed by atoms with Crippen molar-refractivity contribution in [3.63, 3.8) is 0 Å². The second kappa shape index (κ2) is 11.0. The van der Waals surface area contributed by atoms with Gasteiger partial charge in [0.2, 0.25) is 5.13 Å². The van der Waals surface area contributed by atoms with E-state index in [9.17, 15) is 14.7 Å². The van der Waals surface area contributed by atoms with Crippen molar-refractivity contribution in [1.29, 1.82) is 0 Å². The molecular weight excluding hydrogens is 506 g/mol. The standard InChI is InChI=1S/C28H23N3O4S2/c1-2-35-21-15-9-14-20(16-21)23-22(24(32)19-12-7-4-8-13-19)25(33)26(34)31(23)27-29-30-28(37-27)36-17-18-10-5-3-6-11-18/h3-16,23,32H,2,17H2,1H3/b24-22+. The van der Waals surface area contributed by atoms with Crippen LogP contribution in [-0.2, 0) is 15.3 Å².